The number of hydrogen-bond acceptors (Lipinski definition) is 3. The van der Waals surface area contributed by atoms with E-state index in [0.717, 1.165) is 0 Å². The third-order valence-electron chi connectivity index (χ3n) is 2.25. The summed E-state index contributed by atoms with van der Waals surface area (Å²) in [6, 6.07) is 5.19. The van der Waals surface area contributed by atoms with Crippen LogP contribution in [0.1, 0.15) is 13.8 Å². The highest BCUT2D eigenvalue weighted by molar-refractivity contribution is 5.80. The van der Waals surface area contributed by atoms with Crippen LogP contribution < -0.4 is 15.4 Å². The maximum Gasteiger partial charge on any atom is 0.573 e. The van der Waals surface area contributed by atoms with E-state index < -0.39 is 6.36 Å². The molecule has 0 bridgehead atoms. The molecule has 2 N–H and O–H groups in total. The van der Waals surface area contributed by atoms with E-state index in [9.17, 15) is 18.0 Å². The molecule has 112 valence electrons. The molecule has 1 aromatic rings. The van der Waals surface area contributed by atoms with E-state index in [4.69, 9.17) is 0 Å². The molecule has 0 aliphatic carbocycles. The van der Waals surface area contributed by atoms with Crippen molar-refractivity contribution >= 4 is 11.6 Å². The second-order valence-corrected chi connectivity index (χ2v) is 4.62. The minimum Gasteiger partial charge on any atom is -0.406 e. The van der Waals surface area contributed by atoms with Crippen LogP contribution in [0.4, 0.5) is 18.9 Å². The molecule has 0 atom stereocenters. The molecule has 1 aromatic carbocycles. The zero-order chi connectivity index (χ0) is 15.2. The summed E-state index contributed by atoms with van der Waals surface area (Å²) < 4.78 is 39.6. The minimum atomic E-state index is -4.70. The van der Waals surface area contributed by atoms with Gasteiger partial charge in [-0.15, -0.1) is 13.2 Å². The number of nitrogens with one attached hydrogen (secondary N) is 2. The summed E-state index contributed by atoms with van der Waals surface area (Å²) in [6.45, 7) is 4.60. The monoisotopic (exact) mass is 290 g/mol. The van der Waals surface area contributed by atoms with Crippen LogP contribution in [0.25, 0.3) is 0 Å². The van der Waals surface area contributed by atoms with Gasteiger partial charge in [-0.1, -0.05) is 13.8 Å². The van der Waals surface area contributed by atoms with Gasteiger partial charge in [0, 0.05) is 12.2 Å². The number of hydrogen-bond donors (Lipinski definition) is 2. The van der Waals surface area contributed by atoms with Crippen molar-refractivity contribution in [2.75, 3.05) is 18.4 Å². The SMILES string of the molecule is CC(C)CNC(=O)CNc1ccc(OC(F)(F)F)cc1. The molecule has 20 heavy (non-hydrogen) atoms. The fourth-order valence-corrected chi connectivity index (χ4v) is 1.34. The van der Waals surface area contributed by atoms with Gasteiger partial charge in [-0.3, -0.25) is 4.79 Å². The van der Waals surface area contributed by atoms with E-state index in [1.807, 2.05) is 13.8 Å². The van der Waals surface area contributed by atoms with Crippen LogP contribution in [0.15, 0.2) is 24.3 Å². The highest BCUT2D eigenvalue weighted by Gasteiger charge is 2.30. The number of halogens is 3. The summed E-state index contributed by atoms with van der Waals surface area (Å²) in [5.41, 5.74) is 0.541. The average molecular weight is 290 g/mol. The summed E-state index contributed by atoms with van der Waals surface area (Å²) in [6.07, 6.45) is -4.70. The van der Waals surface area contributed by atoms with Gasteiger partial charge in [0.15, 0.2) is 0 Å². The standard InChI is InChI=1S/C13H17F3N2O2/c1-9(2)7-18-12(19)8-17-10-3-5-11(6-4-10)20-13(14,15)16/h3-6,9,17H,7-8H2,1-2H3,(H,18,19). The van der Waals surface area contributed by atoms with Crippen molar-refractivity contribution in [3.8, 4) is 5.75 Å². The maximum absolute atomic E-state index is 12.0. The van der Waals surface area contributed by atoms with Crippen molar-refractivity contribution in [2.45, 2.75) is 20.2 Å². The highest BCUT2D eigenvalue weighted by Crippen LogP contribution is 2.23. The van der Waals surface area contributed by atoms with Gasteiger partial charge < -0.3 is 15.4 Å². The number of rotatable bonds is 6. The molecule has 0 saturated carbocycles. The molecule has 0 unspecified atom stereocenters. The molecule has 0 aromatic heterocycles. The van der Waals surface area contributed by atoms with Gasteiger partial charge in [0.2, 0.25) is 5.91 Å². The number of carbonyl (C=O) groups is 1. The number of alkyl halides is 3. The summed E-state index contributed by atoms with van der Waals surface area (Å²) in [7, 11) is 0. The Balaban J connectivity index is 2.40. The van der Waals surface area contributed by atoms with Crippen LogP contribution in [0.5, 0.6) is 5.75 Å². The van der Waals surface area contributed by atoms with Crippen LogP contribution in [0.2, 0.25) is 0 Å². The fraction of sp³-hybridized carbons (Fsp3) is 0.462. The van der Waals surface area contributed by atoms with E-state index >= 15 is 0 Å². The third kappa shape index (κ3) is 6.86. The van der Waals surface area contributed by atoms with Gasteiger partial charge in [0.1, 0.15) is 5.75 Å². The smallest absolute Gasteiger partial charge is 0.406 e. The molecular formula is C13H17F3N2O2. The Morgan fingerprint density at radius 3 is 2.35 bits per heavy atom. The fourth-order valence-electron chi connectivity index (χ4n) is 1.34. The predicted octanol–water partition coefficient (Wildman–Crippen LogP) is 2.77. The molecule has 0 aliphatic rings. The van der Waals surface area contributed by atoms with Crippen molar-refractivity contribution in [1.29, 1.82) is 0 Å². The summed E-state index contributed by atoms with van der Waals surface area (Å²) >= 11 is 0. The Morgan fingerprint density at radius 1 is 1.25 bits per heavy atom. The van der Waals surface area contributed by atoms with Gasteiger partial charge in [-0.05, 0) is 30.2 Å². The molecule has 0 radical (unpaired) electrons. The van der Waals surface area contributed by atoms with Crippen LogP contribution in [0.3, 0.4) is 0 Å². The van der Waals surface area contributed by atoms with Gasteiger partial charge in [0.25, 0.3) is 0 Å². The van der Waals surface area contributed by atoms with E-state index in [2.05, 4.69) is 15.4 Å². The largest absolute Gasteiger partial charge is 0.573 e. The second kappa shape index (κ2) is 7.02. The number of anilines is 1. The lowest BCUT2D eigenvalue weighted by atomic mass is 10.2. The summed E-state index contributed by atoms with van der Waals surface area (Å²) in [4.78, 5) is 11.4. The van der Waals surface area contributed by atoms with E-state index in [-0.39, 0.29) is 18.2 Å². The van der Waals surface area contributed by atoms with Crippen molar-refractivity contribution in [3.63, 3.8) is 0 Å². The van der Waals surface area contributed by atoms with Gasteiger partial charge in [-0.2, -0.15) is 0 Å². The van der Waals surface area contributed by atoms with E-state index in [1.165, 1.54) is 24.3 Å². The Labute approximate surface area is 115 Å². The molecule has 1 rings (SSSR count). The van der Waals surface area contributed by atoms with Crippen molar-refractivity contribution < 1.29 is 22.7 Å². The van der Waals surface area contributed by atoms with Gasteiger partial charge in [0.05, 0.1) is 6.54 Å². The number of ether oxygens (including phenoxy) is 1. The lowest BCUT2D eigenvalue weighted by Gasteiger charge is -2.11. The van der Waals surface area contributed by atoms with Crippen LogP contribution >= 0.6 is 0 Å². The molecule has 0 aliphatic heterocycles. The molecule has 0 saturated heterocycles. The molecule has 7 heteroatoms. The first-order valence-electron chi connectivity index (χ1n) is 6.12. The Bertz CT molecular complexity index is 430. The van der Waals surface area contributed by atoms with Crippen LogP contribution in [-0.2, 0) is 4.79 Å². The lowest BCUT2D eigenvalue weighted by Crippen LogP contribution is -2.32. The highest BCUT2D eigenvalue weighted by atomic mass is 19.4. The second-order valence-electron chi connectivity index (χ2n) is 4.62. The molecule has 0 spiro atoms. The topological polar surface area (TPSA) is 50.4 Å². The van der Waals surface area contributed by atoms with Crippen molar-refractivity contribution in [3.05, 3.63) is 24.3 Å². The van der Waals surface area contributed by atoms with Gasteiger partial charge in [-0.25, -0.2) is 0 Å². The first-order chi connectivity index (χ1) is 9.26. The van der Waals surface area contributed by atoms with E-state index in [0.29, 0.717) is 18.2 Å². The quantitative estimate of drug-likeness (QED) is 0.847. The van der Waals surface area contributed by atoms with E-state index in [1.54, 1.807) is 0 Å². The van der Waals surface area contributed by atoms with Crippen molar-refractivity contribution in [1.82, 2.24) is 5.32 Å². The zero-order valence-electron chi connectivity index (χ0n) is 11.3. The molecule has 0 fully saturated rings. The van der Waals surface area contributed by atoms with Crippen molar-refractivity contribution in [2.24, 2.45) is 5.92 Å². The lowest BCUT2D eigenvalue weighted by molar-refractivity contribution is -0.274. The number of benzene rings is 1. The predicted molar refractivity (Wildman–Crippen MR) is 69.5 cm³/mol. The average Bonchev–Trinajstić information content (AvgIpc) is 2.33. The zero-order valence-corrected chi connectivity index (χ0v) is 11.3. The normalized spacial score (nSPS) is 11.3. The van der Waals surface area contributed by atoms with Crippen LogP contribution in [-0.4, -0.2) is 25.4 Å². The third-order valence-corrected chi connectivity index (χ3v) is 2.25. The molecular weight excluding hydrogens is 273 g/mol. The minimum absolute atomic E-state index is 0.0617. The number of amides is 1. The molecule has 4 nitrogen and oxygen atoms in total. The summed E-state index contributed by atoms with van der Waals surface area (Å²) in [5, 5.41) is 5.53. The maximum atomic E-state index is 12.0. The Hall–Kier alpha value is -1.92. The van der Waals surface area contributed by atoms with Crippen LogP contribution in [0, 0.1) is 5.92 Å². The first-order valence-corrected chi connectivity index (χ1v) is 6.12. The number of carbonyl (C=O) groups excluding carboxylic acids is 1. The summed E-state index contributed by atoms with van der Waals surface area (Å²) in [5.74, 6) is -0.112. The van der Waals surface area contributed by atoms with Gasteiger partial charge >= 0.3 is 6.36 Å². The first kappa shape index (κ1) is 16.1. The Morgan fingerprint density at radius 2 is 1.85 bits per heavy atom. The Kier molecular flexibility index (Phi) is 5.66. The molecule has 1 amide bonds. The molecule has 0 heterocycles.